The standard InChI is InChI=1S/C24H27N5O3/c1-30-15-4-5-19-16(10-15)18(13-26-19)14-6-8-29(9-7-14)24-27-20-12-22(32-3)21(31-2)11-17(20)23(25)28-24/h4-5,10-14,26H,6-9H2,1-3H3,(H2,25,27,28). The van der Waals surface area contributed by atoms with Crippen molar-refractivity contribution in [1.29, 1.82) is 0 Å². The molecule has 0 amide bonds. The summed E-state index contributed by atoms with van der Waals surface area (Å²) < 4.78 is 16.2. The zero-order chi connectivity index (χ0) is 22.2. The summed E-state index contributed by atoms with van der Waals surface area (Å²) in [5.41, 5.74) is 9.51. The number of nitrogen functional groups attached to an aromatic ring is 1. The van der Waals surface area contributed by atoms with Crippen LogP contribution in [0.4, 0.5) is 11.8 Å². The number of nitrogens with zero attached hydrogens (tertiary/aromatic N) is 3. The number of anilines is 2. The van der Waals surface area contributed by atoms with Crippen LogP contribution in [-0.2, 0) is 0 Å². The minimum absolute atomic E-state index is 0.441. The molecular formula is C24H27N5O3. The summed E-state index contributed by atoms with van der Waals surface area (Å²) >= 11 is 0. The maximum absolute atomic E-state index is 6.28. The normalized spacial score (nSPS) is 14.8. The van der Waals surface area contributed by atoms with Crippen LogP contribution in [0, 0.1) is 0 Å². The quantitative estimate of drug-likeness (QED) is 0.489. The van der Waals surface area contributed by atoms with Crippen molar-refractivity contribution < 1.29 is 14.2 Å². The third kappa shape index (κ3) is 3.41. The summed E-state index contributed by atoms with van der Waals surface area (Å²) in [6.07, 6.45) is 4.16. The van der Waals surface area contributed by atoms with Crippen molar-refractivity contribution >= 4 is 33.6 Å². The molecule has 2 aromatic heterocycles. The second kappa shape index (κ2) is 8.11. The Labute approximate surface area is 186 Å². The number of methoxy groups -OCH3 is 3. The van der Waals surface area contributed by atoms with E-state index in [-0.39, 0.29) is 0 Å². The smallest absolute Gasteiger partial charge is 0.227 e. The molecule has 0 unspecified atom stereocenters. The Bertz CT molecular complexity index is 1280. The van der Waals surface area contributed by atoms with Gasteiger partial charge in [0.05, 0.1) is 26.8 Å². The molecule has 4 aromatic rings. The van der Waals surface area contributed by atoms with E-state index in [0.29, 0.717) is 29.2 Å². The fourth-order valence-electron chi connectivity index (χ4n) is 4.58. The van der Waals surface area contributed by atoms with Crippen molar-refractivity contribution in [3.8, 4) is 17.2 Å². The number of fused-ring (bicyclic) bond motifs is 2. The van der Waals surface area contributed by atoms with E-state index in [1.54, 1.807) is 21.3 Å². The van der Waals surface area contributed by atoms with Crippen LogP contribution in [-0.4, -0.2) is 49.4 Å². The SMILES string of the molecule is COc1ccc2[nH]cc(C3CCN(c4nc(N)c5cc(OC)c(OC)cc5n4)CC3)c2c1. The first kappa shape index (κ1) is 20.2. The van der Waals surface area contributed by atoms with Gasteiger partial charge in [0.15, 0.2) is 11.5 Å². The van der Waals surface area contributed by atoms with Crippen molar-refractivity contribution in [1.82, 2.24) is 15.0 Å². The zero-order valence-electron chi connectivity index (χ0n) is 18.5. The monoisotopic (exact) mass is 433 g/mol. The fraction of sp³-hybridized carbons (Fsp3) is 0.333. The van der Waals surface area contributed by atoms with Gasteiger partial charge in [-0.2, -0.15) is 4.98 Å². The number of ether oxygens (including phenoxy) is 3. The summed E-state index contributed by atoms with van der Waals surface area (Å²) in [6, 6.07) is 9.84. The largest absolute Gasteiger partial charge is 0.497 e. The van der Waals surface area contributed by atoms with Crippen molar-refractivity contribution in [2.24, 2.45) is 0 Å². The van der Waals surface area contributed by atoms with Crippen LogP contribution in [0.25, 0.3) is 21.8 Å². The molecule has 8 nitrogen and oxygen atoms in total. The first-order valence-electron chi connectivity index (χ1n) is 10.7. The number of hydrogen-bond donors (Lipinski definition) is 2. The maximum atomic E-state index is 6.28. The highest BCUT2D eigenvalue weighted by Gasteiger charge is 2.25. The average molecular weight is 434 g/mol. The Balaban J connectivity index is 1.39. The Morgan fingerprint density at radius 1 is 0.938 bits per heavy atom. The molecule has 1 saturated heterocycles. The molecule has 0 radical (unpaired) electrons. The molecular weight excluding hydrogens is 406 g/mol. The van der Waals surface area contributed by atoms with Crippen LogP contribution in [0.15, 0.2) is 36.5 Å². The Hall–Kier alpha value is -3.68. The van der Waals surface area contributed by atoms with Gasteiger partial charge in [-0.05, 0) is 48.6 Å². The van der Waals surface area contributed by atoms with Crippen LogP contribution < -0.4 is 24.8 Å². The van der Waals surface area contributed by atoms with E-state index in [1.807, 2.05) is 18.2 Å². The van der Waals surface area contributed by atoms with Crippen molar-refractivity contribution in [3.63, 3.8) is 0 Å². The van der Waals surface area contributed by atoms with Gasteiger partial charge in [-0.15, -0.1) is 0 Å². The van der Waals surface area contributed by atoms with Gasteiger partial charge in [-0.1, -0.05) is 0 Å². The lowest BCUT2D eigenvalue weighted by Gasteiger charge is -2.32. The van der Waals surface area contributed by atoms with E-state index >= 15 is 0 Å². The number of hydrogen-bond acceptors (Lipinski definition) is 7. The Kier molecular flexibility index (Phi) is 5.13. The molecule has 0 spiro atoms. The van der Waals surface area contributed by atoms with Gasteiger partial charge in [0, 0.05) is 41.6 Å². The fourth-order valence-corrected chi connectivity index (χ4v) is 4.58. The van der Waals surface area contributed by atoms with E-state index in [0.717, 1.165) is 48.1 Å². The molecule has 8 heteroatoms. The molecule has 0 bridgehead atoms. The number of nitrogens with two attached hydrogens (primary N) is 1. The Morgan fingerprint density at radius 3 is 2.41 bits per heavy atom. The number of nitrogens with one attached hydrogen (secondary N) is 1. The van der Waals surface area contributed by atoms with Crippen LogP contribution in [0.1, 0.15) is 24.3 Å². The summed E-state index contributed by atoms with van der Waals surface area (Å²) in [6.45, 7) is 1.72. The lowest BCUT2D eigenvalue weighted by atomic mass is 9.89. The lowest BCUT2D eigenvalue weighted by molar-refractivity contribution is 0.356. The average Bonchev–Trinajstić information content (AvgIpc) is 3.26. The molecule has 1 fully saturated rings. The molecule has 0 aliphatic carbocycles. The first-order valence-corrected chi connectivity index (χ1v) is 10.7. The molecule has 32 heavy (non-hydrogen) atoms. The highest BCUT2D eigenvalue weighted by Crippen LogP contribution is 2.37. The predicted molar refractivity (Wildman–Crippen MR) is 126 cm³/mol. The number of benzene rings is 2. The molecule has 3 heterocycles. The van der Waals surface area contributed by atoms with Crippen molar-refractivity contribution in [2.45, 2.75) is 18.8 Å². The number of aromatic nitrogens is 3. The number of rotatable bonds is 5. The number of H-pyrrole nitrogens is 1. The van der Waals surface area contributed by atoms with Gasteiger partial charge in [0.25, 0.3) is 0 Å². The highest BCUT2D eigenvalue weighted by atomic mass is 16.5. The minimum Gasteiger partial charge on any atom is -0.497 e. The van der Waals surface area contributed by atoms with Gasteiger partial charge in [0.2, 0.25) is 5.95 Å². The van der Waals surface area contributed by atoms with Gasteiger partial charge in [-0.25, -0.2) is 4.98 Å². The van der Waals surface area contributed by atoms with Gasteiger partial charge in [-0.3, -0.25) is 0 Å². The third-order valence-corrected chi connectivity index (χ3v) is 6.36. The Morgan fingerprint density at radius 2 is 1.69 bits per heavy atom. The third-order valence-electron chi connectivity index (χ3n) is 6.36. The molecule has 0 saturated carbocycles. The molecule has 0 atom stereocenters. The lowest BCUT2D eigenvalue weighted by Crippen LogP contribution is -2.34. The van der Waals surface area contributed by atoms with Gasteiger partial charge in [0.1, 0.15) is 11.6 Å². The van der Waals surface area contributed by atoms with Crippen LogP contribution in [0.2, 0.25) is 0 Å². The zero-order valence-corrected chi connectivity index (χ0v) is 18.5. The molecule has 1 aliphatic heterocycles. The number of aromatic amines is 1. The van der Waals surface area contributed by atoms with Crippen LogP contribution in [0.5, 0.6) is 17.2 Å². The molecule has 1 aliphatic rings. The predicted octanol–water partition coefficient (Wildman–Crippen LogP) is 4.10. The number of piperidine rings is 1. The van der Waals surface area contributed by atoms with E-state index in [1.165, 1.54) is 10.9 Å². The summed E-state index contributed by atoms with van der Waals surface area (Å²) in [7, 11) is 4.91. The van der Waals surface area contributed by atoms with E-state index in [9.17, 15) is 0 Å². The first-order chi connectivity index (χ1) is 15.6. The summed E-state index contributed by atoms with van der Waals surface area (Å²) in [5, 5.41) is 1.99. The second-order valence-corrected chi connectivity index (χ2v) is 8.05. The van der Waals surface area contributed by atoms with Crippen LogP contribution >= 0.6 is 0 Å². The molecule has 2 aromatic carbocycles. The van der Waals surface area contributed by atoms with Gasteiger partial charge >= 0.3 is 0 Å². The highest BCUT2D eigenvalue weighted by molar-refractivity contribution is 5.92. The van der Waals surface area contributed by atoms with E-state index < -0.39 is 0 Å². The van der Waals surface area contributed by atoms with E-state index in [2.05, 4.69) is 33.2 Å². The minimum atomic E-state index is 0.441. The van der Waals surface area contributed by atoms with Crippen LogP contribution in [0.3, 0.4) is 0 Å². The van der Waals surface area contributed by atoms with Crippen molar-refractivity contribution in [3.05, 3.63) is 42.1 Å². The van der Waals surface area contributed by atoms with E-state index in [4.69, 9.17) is 24.9 Å². The van der Waals surface area contributed by atoms with Crippen molar-refractivity contribution in [2.75, 3.05) is 45.1 Å². The summed E-state index contributed by atoms with van der Waals surface area (Å²) in [4.78, 5) is 15.0. The maximum Gasteiger partial charge on any atom is 0.227 e. The topological polar surface area (TPSA) is 98.5 Å². The molecule has 5 rings (SSSR count). The molecule has 166 valence electrons. The van der Waals surface area contributed by atoms with Gasteiger partial charge < -0.3 is 29.8 Å². The summed E-state index contributed by atoms with van der Waals surface area (Å²) in [5.74, 6) is 3.67. The second-order valence-electron chi connectivity index (χ2n) is 8.05. The molecule has 3 N–H and O–H groups in total.